The van der Waals surface area contributed by atoms with Gasteiger partial charge in [-0.1, -0.05) is 6.07 Å². The van der Waals surface area contributed by atoms with Crippen LogP contribution in [0.4, 0.5) is 0 Å². The van der Waals surface area contributed by atoms with Gasteiger partial charge in [-0.05, 0) is 41.8 Å². The minimum atomic E-state index is -0.915. The fourth-order valence-electron chi connectivity index (χ4n) is 3.79. The van der Waals surface area contributed by atoms with Crippen LogP contribution in [-0.4, -0.2) is 43.8 Å². The first kappa shape index (κ1) is 19.2. The van der Waals surface area contributed by atoms with Crippen LogP contribution in [0.3, 0.4) is 0 Å². The van der Waals surface area contributed by atoms with Crippen molar-refractivity contribution in [1.82, 2.24) is 0 Å². The molecule has 2 heterocycles. The van der Waals surface area contributed by atoms with E-state index in [4.69, 9.17) is 23.7 Å². The molecule has 2 aromatic carbocycles. The Labute approximate surface area is 167 Å². The zero-order valence-corrected chi connectivity index (χ0v) is 16.1. The minimum absolute atomic E-state index is 0.107. The molecule has 29 heavy (non-hydrogen) atoms. The smallest absolute Gasteiger partial charge is 0.309 e. The molecule has 0 saturated carbocycles. The highest BCUT2D eigenvalue weighted by molar-refractivity contribution is 5.75. The largest absolute Gasteiger partial charge is 0.502 e. The molecule has 8 nitrogen and oxygen atoms in total. The average molecular weight is 402 g/mol. The molecule has 1 unspecified atom stereocenters. The third-order valence-electron chi connectivity index (χ3n) is 5.38. The maximum absolute atomic E-state index is 12.4. The summed E-state index contributed by atoms with van der Waals surface area (Å²) in [6.45, 7) is 0.262. The number of hydrogen-bond donors (Lipinski definition) is 2. The van der Waals surface area contributed by atoms with E-state index in [9.17, 15) is 15.0 Å². The van der Waals surface area contributed by atoms with Crippen LogP contribution < -0.4 is 18.9 Å². The molecule has 0 spiro atoms. The molecule has 8 heteroatoms. The van der Waals surface area contributed by atoms with Crippen molar-refractivity contribution in [3.05, 3.63) is 41.5 Å². The van der Waals surface area contributed by atoms with Crippen molar-refractivity contribution < 1.29 is 38.7 Å². The molecule has 2 N–H and O–H groups in total. The first-order valence-corrected chi connectivity index (χ1v) is 9.20. The number of cyclic esters (lactones) is 1. The Kier molecular flexibility index (Phi) is 5.10. The van der Waals surface area contributed by atoms with Crippen LogP contribution >= 0.6 is 0 Å². The van der Waals surface area contributed by atoms with Gasteiger partial charge in [0.05, 0.1) is 32.8 Å². The number of benzene rings is 2. The summed E-state index contributed by atoms with van der Waals surface area (Å²) in [5, 5.41) is 21.0. The standard InChI is InChI=1S/C21H22O8/c1-25-17-6-11(7-18(26-2)20(17)23)5-13-14(9-27-21(13)24)19(22)12-3-4-15-16(8-12)29-10-28-15/h3-4,6-8,13-14,19,22-23H,5,9-10H2,1-2H3/t13-,14+,19?/m1/s1. The van der Waals surface area contributed by atoms with Gasteiger partial charge in [0.2, 0.25) is 12.5 Å². The Morgan fingerprint density at radius 1 is 1.07 bits per heavy atom. The van der Waals surface area contributed by atoms with Crippen LogP contribution in [0.1, 0.15) is 17.2 Å². The van der Waals surface area contributed by atoms with Crippen LogP contribution in [0.15, 0.2) is 30.3 Å². The van der Waals surface area contributed by atoms with E-state index in [1.54, 1.807) is 30.3 Å². The van der Waals surface area contributed by atoms with E-state index in [-0.39, 0.29) is 36.6 Å². The number of aliphatic hydroxyl groups excluding tert-OH is 1. The van der Waals surface area contributed by atoms with Crippen molar-refractivity contribution in [1.29, 1.82) is 0 Å². The summed E-state index contributed by atoms with van der Waals surface area (Å²) in [5.74, 6) is 0.210. The minimum Gasteiger partial charge on any atom is -0.502 e. The molecule has 0 aliphatic carbocycles. The highest BCUT2D eigenvalue weighted by atomic mass is 16.7. The van der Waals surface area contributed by atoms with Crippen LogP contribution in [0, 0.1) is 11.8 Å². The topological polar surface area (TPSA) is 104 Å². The molecule has 0 amide bonds. The predicted octanol–water partition coefficient (Wildman–Crippen LogP) is 2.20. The van der Waals surface area contributed by atoms with Crippen molar-refractivity contribution >= 4 is 5.97 Å². The van der Waals surface area contributed by atoms with Crippen molar-refractivity contribution in [3.8, 4) is 28.7 Å². The maximum atomic E-state index is 12.4. The van der Waals surface area contributed by atoms with Crippen LogP contribution in [0.2, 0.25) is 0 Å². The van der Waals surface area contributed by atoms with Gasteiger partial charge >= 0.3 is 5.97 Å². The number of methoxy groups -OCH3 is 2. The monoisotopic (exact) mass is 402 g/mol. The second-order valence-electron chi connectivity index (χ2n) is 7.01. The number of rotatable bonds is 6. The fraction of sp³-hybridized carbons (Fsp3) is 0.381. The Balaban J connectivity index is 1.59. The highest BCUT2D eigenvalue weighted by Gasteiger charge is 2.42. The number of fused-ring (bicyclic) bond motifs is 1. The SMILES string of the molecule is COc1cc(C[C@H]2C(=O)OC[C@@H]2C(O)c2ccc3c(c2)OCO3)cc(OC)c1O. The zero-order valence-electron chi connectivity index (χ0n) is 16.1. The molecule has 0 aromatic heterocycles. The summed E-state index contributed by atoms with van der Waals surface area (Å²) < 4.78 is 26.3. The van der Waals surface area contributed by atoms with Gasteiger partial charge in [0.25, 0.3) is 0 Å². The molecule has 2 aliphatic rings. The van der Waals surface area contributed by atoms with Gasteiger partial charge in [0, 0.05) is 5.92 Å². The van der Waals surface area contributed by atoms with Crippen molar-refractivity contribution in [2.45, 2.75) is 12.5 Å². The molecule has 3 atom stereocenters. The Bertz CT molecular complexity index is 900. The Hall–Kier alpha value is -3.13. The Morgan fingerprint density at radius 2 is 1.76 bits per heavy atom. The van der Waals surface area contributed by atoms with Gasteiger partial charge in [-0.2, -0.15) is 0 Å². The first-order chi connectivity index (χ1) is 14.0. The lowest BCUT2D eigenvalue weighted by atomic mass is 9.83. The van der Waals surface area contributed by atoms with Crippen LogP contribution in [0.5, 0.6) is 28.7 Å². The molecule has 4 rings (SSSR count). The van der Waals surface area contributed by atoms with E-state index in [2.05, 4.69) is 0 Å². The second-order valence-corrected chi connectivity index (χ2v) is 7.01. The number of carbonyl (C=O) groups excluding carboxylic acids is 1. The fourth-order valence-corrected chi connectivity index (χ4v) is 3.79. The number of phenolic OH excluding ortho intramolecular Hbond substituents is 1. The predicted molar refractivity (Wildman–Crippen MR) is 100 cm³/mol. The van der Waals surface area contributed by atoms with E-state index >= 15 is 0 Å². The van der Waals surface area contributed by atoms with Gasteiger partial charge in [-0.15, -0.1) is 0 Å². The molecular weight excluding hydrogens is 380 g/mol. The van der Waals surface area contributed by atoms with E-state index in [0.29, 0.717) is 23.5 Å². The summed E-state index contributed by atoms with van der Waals surface area (Å²) in [4.78, 5) is 12.4. The molecule has 1 fully saturated rings. The maximum Gasteiger partial charge on any atom is 0.309 e. The van der Waals surface area contributed by atoms with Crippen molar-refractivity contribution in [2.75, 3.05) is 27.6 Å². The summed E-state index contributed by atoms with van der Waals surface area (Å²) in [6.07, 6.45) is -0.611. The van der Waals surface area contributed by atoms with Crippen LogP contribution in [-0.2, 0) is 16.0 Å². The Morgan fingerprint density at radius 3 is 2.45 bits per heavy atom. The van der Waals surface area contributed by atoms with Gasteiger partial charge in [-0.3, -0.25) is 4.79 Å². The number of carbonyl (C=O) groups is 1. The number of ether oxygens (including phenoxy) is 5. The lowest BCUT2D eigenvalue weighted by molar-refractivity contribution is -0.141. The van der Waals surface area contributed by atoms with E-state index in [1.807, 2.05) is 0 Å². The lowest BCUT2D eigenvalue weighted by Crippen LogP contribution is -2.24. The highest BCUT2D eigenvalue weighted by Crippen LogP contribution is 2.42. The number of esters is 1. The summed E-state index contributed by atoms with van der Waals surface area (Å²) >= 11 is 0. The molecule has 154 valence electrons. The number of aromatic hydroxyl groups is 1. The third kappa shape index (κ3) is 3.51. The van der Waals surface area contributed by atoms with Crippen molar-refractivity contribution in [2.24, 2.45) is 11.8 Å². The second kappa shape index (κ2) is 7.71. The van der Waals surface area contributed by atoms with Gasteiger partial charge in [0.15, 0.2) is 23.0 Å². The van der Waals surface area contributed by atoms with E-state index in [1.165, 1.54) is 14.2 Å². The lowest BCUT2D eigenvalue weighted by Gasteiger charge is -2.22. The van der Waals surface area contributed by atoms with Gasteiger partial charge < -0.3 is 33.9 Å². The molecular formula is C21H22O8. The van der Waals surface area contributed by atoms with Crippen LogP contribution in [0.25, 0.3) is 0 Å². The quantitative estimate of drug-likeness (QED) is 0.709. The summed E-state index contributed by atoms with van der Waals surface area (Å²) in [7, 11) is 2.88. The van der Waals surface area contributed by atoms with Crippen molar-refractivity contribution in [3.63, 3.8) is 0 Å². The summed E-state index contributed by atoms with van der Waals surface area (Å²) in [6, 6.07) is 8.51. The van der Waals surface area contributed by atoms with Gasteiger partial charge in [0.1, 0.15) is 0 Å². The average Bonchev–Trinajstić information content (AvgIpc) is 3.34. The van der Waals surface area contributed by atoms with Gasteiger partial charge in [-0.25, -0.2) is 0 Å². The molecule has 2 aromatic rings. The number of phenols is 1. The molecule has 0 radical (unpaired) electrons. The number of hydrogen-bond acceptors (Lipinski definition) is 8. The normalized spacial score (nSPS) is 21.0. The summed E-state index contributed by atoms with van der Waals surface area (Å²) in [5.41, 5.74) is 1.35. The third-order valence-corrected chi connectivity index (χ3v) is 5.38. The van der Waals surface area contributed by atoms with E-state index < -0.39 is 17.9 Å². The molecule has 2 aliphatic heterocycles. The zero-order chi connectivity index (χ0) is 20.5. The number of aliphatic hydroxyl groups is 1. The molecule has 0 bridgehead atoms. The van der Waals surface area contributed by atoms with E-state index in [0.717, 1.165) is 5.56 Å². The first-order valence-electron chi connectivity index (χ1n) is 9.20. The molecule has 1 saturated heterocycles.